The van der Waals surface area contributed by atoms with Crippen LogP contribution in [-0.4, -0.2) is 34.9 Å². The largest absolute Gasteiger partial charge is 0.495 e. The molecule has 1 saturated carbocycles. The Labute approximate surface area is 229 Å². The summed E-state index contributed by atoms with van der Waals surface area (Å²) in [6.45, 7) is 11.3. The topological polar surface area (TPSA) is 110 Å². The summed E-state index contributed by atoms with van der Waals surface area (Å²) in [6, 6.07) is 8.66. The Morgan fingerprint density at radius 2 is 1.62 bits per heavy atom. The monoisotopic (exact) mass is 545 g/mol. The number of aromatic nitrogens is 5. The van der Waals surface area contributed by atoms with Crippen LogP contribution in [0.4, 0.5) is 8.78 Å². The van der Waals surface area contributed by atoms with Gasteiger partial charge in [0.15, 0.2) is 5.88 Å². The molecule has 1 aliphatic rings. The number of rotatable bonds is 6. The second-order valence-electron chi connectivity index (χ2n) is 9.54. The first-order valence-electron chi connectivity index (χ1n) is 13.0. The molecule has 0 spiro atoms. The van der Waals surface area contributed by atoms with E-state index in [0.717, 1.165) is 25.0 Å². The molecule has 40 heavy (non-hydrogen) atoms. The van der Waals surface area contributed by atoms with Gasteiger partial charge in [-0.1, -0.05) is 19.0 Å². The predicted octanol–water partition coefficient (Wildman–Crippen LogP) is 6.55. The number of hydrogen-bond acceptors (Lipinski definition) is 7. The van der Waals surface area contributed by atoms with Crippen LogP contribution in [0.3, 0.4) is 0 Å². The summed E-state index contributed by atoms with van der Waals surface area (Å²) in [7, 11) is 0. The number of pyridine rings is 2. The van der Waals surface area contributed by atoms with E-state index in [0.29, 0.717) is 45.0 Å². The second-order valence-corrected chi connectivity index (χ2v) is 9.54. The Bertz CT molecular complexity index is 1640. The van der Waals surface area contributed by atoms with Crippen LogP contribution in [0.15, 0.2) is 59.9 Å². The van der Waals surface area contributed by atoms with Gasteiger partial charge in [-0.15, -0.1) is 0 Å². The number of halogens is 2. The number of imidazole rings is 1. The highest BCUT2D eigenvalue weighted by atomic mass is 19.1. The highest BCUT2D eigenvalue weighted by molar-refractivity contribution is 5.90. The molecule has 0 amide bonds. The summed E-state index contributed by atoms with van der Waals surface area (Å²) in [5.41, 5.74) is 1.60. The zero-order valence-electron chi connectivity index (χ0n) is 22.6. The number of aliphatic hydroxyl groups excluding tert-OH is 1. The van der Waals surface area contributed by atoms with Crippen molar-refractivity contribution in [2.45, 2.75) is 52.1 Å². The lowest BCUT2D eigenvalue weighted by atomic mass is 9.80. The van der Waals surface area contributed by atoms with Crippen molar-refractivity contribution in [1.29, 1.82) is 0 Å². The van der Waals surface area contributed by atoms with Crippen molar-refractivity contribution < 1.29 is 23.5 Å². The van der Waals surface area contributed by atoms with Gasteiger partial charge in [-0.3, -0.25) is 4.57 Å². The lowest BCUT2D eigenvalue weighted by Gasteiger charge is -2.30. The first-order valence-corrected chi connectivity index (χ1v) is 13.0. The maximum absolute atomic E-state index is 13.8. The smallest absolute Gasteiger partial charge is 0.212 e. The molecule has 4 aromatic heterocycles. The first-order chi connectivity index (χ1) is 19.2. The Balaban J connectivity index is 0.00000158. The van der Waals surface area contributed by atoms with Crippen molar-refractivity contribution in [3.05, 3.63) is 101 Å². The fourth-order valence-corrected chi connectivity index (χ4v) is 5.05. The van der Waals surface area contributed by atoms with Gasteiger partial charge in [0.25, 0.3) is 0 Å². The molecule has 6 rings (SSSR count). The quantitative estimate of drug-likeness (QED) is 0.184. The number of aliphatic hydroxyl groups is 2. The molecule has 1 aromatic carbocycles. The second kappa shape index (κ2) is 10.3. The molecule has 0 saturated heterocycles. The highest BCUT2D eigenvalue weighted by Crippen LogP contribution is 2.46. The molecule has 0 unspecified atom stereocenters. The number of benzene rings is 1. The highest BCUT2D eigenvalue weighted by Gasteiger charge is 2.40. The molecule has 4 heterocycles. The van der Waals surface area contributed by atoms with Gasteiger partial charge in [0.1, 0.15) is 17.2 Å². The van der Waals surface area contributed by atoms with Crippen molar-refractivity contribution in [2.24, 2.45) is 0 Å². The van der Waals surface area contributed by atoms with Gasteiger partial charge in [-0.05, 0) is 75.2 Å². The zero-order chi connectivity index (χ0) is 28.8. The van der Waals surface area contributed by atoms with Gasteiger partial charge < -0.3 is 14.7 Å². The molecule has 0 aliphatic heterocycles. The van der Waals surface area contributed by atoms with Gasteiger partial charge in [0.2, 0.25) is 11.9 Å². The molecule has 8 nitrogen and oxygen atoms in total. The minimum Gasteiger partial charge on any atom is -0.495 e. The van der Waals surface area contributed by atoms with Crippen LogP contribution < -0.4 is 0 Å². The average molecular weight is 546 g/mol. The van der Waals surface area contributed by atoms with E-state index in [1.807, 2.05) is 19.9 Å². The number of aryl methyl sites for hydroxylation is 2. The summed E-state index contributed by atoms with van der Waals surface area (Å²) < 4.78 is 34.7. The van der Waals surface area contributed by atoms with Crippen LogP contribution >= 0.6 is 0 Å². The van der Waals surface area contributed by atoms with Gasteiger partial charge in [-0.2, -0.15) is 8.78 Å². The molecular formula is C30H29F2N5O3. The number of fused-ring (bicyclic) bond motifs is 1. The van der Waals surface area contributed by atoms with Crippen molar-refractivity contribution in [3.8, 4) is 11.1 Å². The lowest BCUT2D eigenvalue weighted by Crippen LogP contribution is -2.30. The molecule has 2 N–H and O–H groups in total. The predicted molar refractivity (Wildman–Crippen MR) is 146 cm³/mol. The Kier molecular flexibility index (Phi) is 6.97. The van der Waals surface area contributed by atoms with Crippen molar-refractivity contribution in [3.63, 3.8) is 0 Å². The third kappa shape index (κ3) is 4.44. The molecule has 0 atom stereocenters. The maximum atomic E-state index is 13.8. The molecule has 10 heteroatoms. The Morgan fingerprint density at radius 1 is 1.02 bits per heavy atom. The van der Waals surface area contributed by atoms with Gasteiger partial charge in [0.05, 0.1) is 16.7 Å². The summed E-state index contributed by atoms with van der Waals surface area (Å²) >= 11 is 0. The molecule has 206 valence electrons. The fraction of sp³-hybridized carbons (Fsp3) is 0.267. The number of nitrogens with zero attached hydrogens (tertiary/aromatic N) is 5. The van der Waals surface area contributed by atoms with Crippen LogP contribution in [0, 0.1) is 25.7 Å². The summed E-state index contributed by atoms with van der Waals surface area (Å²) in [6.07, 6.45) is 4.24. The zero-order valence-corrected chi connectivity index (χ0v) is 22.6. The van der Waals surface area contributed by atoms with Crippen molar-refractivity contribution in [1.82, 2.24) is 24.7 Å². The third-order valence-electron chi connectivity index (χ3n) is 6.99. The minimum atomic E-state index is -1.98. The van der Waals surface area contributed by atoms with Gasteiger partial charge in [0, 0.05) is 40.6 Å². The van der Waals surface area contributed by atoms with E-state index in [1.165, 1.54) is 24.5 Å². The van der Waals surface area contributed by atoms with E-state index in [9.17, 15) is 19.0 Å². The molecular weight excluding hydrogens is 516 g/mol. The van der Waals surface area contributed by atoms with E-state index in [4.69, 9.17) is 9.51 Å². The molecule has 0 bridgehead atoms. The normalized spacial score (nSPS) is 13.3. The van der Waals surface area contributed by atoms with E-state index in [1.54, 1.807) is 24.5 Å². The van der Waals surface area contributed by atoms with Crippen LogP contribution in [0.25, 0.3) is 28.0 Å². The summed E-state index contributed by atoms with van der Waals surface area (Å²) in [5, 5.41) is 27.3. The van der Waals surface area contributed by atoms with Crippen LogP contribution in [0.2, 0.25) is 0 Å². The molecule has 1 aliphatic carbocycles. The van der Waals surface area contributed by atoms with E-state index >= 15 is 0 Å². The SMILES string of the molecule is C=C(O)n1c(C2CC2)nc2c(C(O)(c3ccc(F)nc3)c3ccc(F)nc3)cc(-c3c(C)noc3C)cc21.CC. The average Bonchev–Trinajstić information content (AvgIpc) is 3.64. The van der Waals surface area contributed by atoms with Gasteiger partial charge in [-0.25, -0.2) is 15.0 Å². The van der Waals surface area contributed by atoms with E-state index in [2.05, 4.69) is 21.7 Å². The minimum absolute atomic E-state index is 0.120. The van der Waals surface area contributed by atoms with Crippen LogP contribution in [-0.2, 0) is 5.60 Å². The van der Waals surface area contributed by atoms with Crippen LogP contribution in [0.5, 0.6) is 0 Å². The molecule has 1 fully saturated rings. The summed E-state index contributed by atoms with van der Waals surface area (Å²) in [5.74, 6) is -0.373. The summed E-state index contributed by atoms with van der Waals surface area (Å²) in [4.78, 5) is 12.4. The van der Waals surface area contributed by atoms with Crippen molar-refractivity contribution >= 4 is 16.9 Å². The lowest BCUT2D eigenvalue weighted by molar-refractivity contribution is 0.126. The van der Waals surface area contributed by atoms with Crippen molar-refractivity contribution in [2.75, 3.05) is 0 Å². The van der Waals surface area contributed by atoms with Gasteiger partial charge >= 0.3 is 0 Å². The van der Waals surface area contributed by atoms with E-state index < -0.39 is 17.5 Å². The molecule has 0 radical (unpaired) electrons. The first kappa shape index (κ1) is 27.1. The fourth-order valence-electron chi connectivity index (χ4n) is 5.05. The van der Waals surface area contributed by atoms with Crippen LogP contribution in [0.1, 0.15) is 66.6 Å². The third-order valence-corrected chi connectivity index (χ3v) is 6.99. The Morgan fingerprint density at radius 3 is 2.08 bits per heavy atom. The number of hydrogen-bond donors (Lipinski definition) is 2. The Hall–Kier alpha value is -4.44. The maximum Gasteiger partial charge on any atom is 0.212 e. The standard InChI is InChI=1S/C28H23F2N5O3.C2H6/c1-14-25(15(2)38-34-14)18-10-21(26-22(11-18)35(16(3)36)27(33-26)17-4-5-17)28(37,19-6-8-23(29)31-12-19)20-7-9-24(30)32-13-20;1-2/h6-13,17,36-37H,3-5H2,1-2H3;1-2H3. The van der Waals surface area contributed by atoms with E-state index in [-0.39, 0.29) is 22.9 Å². The molecule has 5 aromatic rings.